The van der Waals surface area contributed by atoms with Gasteiger partial charge in [0.05, 0.1) is 0 Å². The van der Waals surface area contributed by atoms with Gasteiger partial charge in [-0.05, 0) is 42.5 Å². The molecule has 6 nitrogen and oxygen atoms in total. The molecule has 1 aliphatic carbocycles. The van der Waals surface area contributed by atoms with Crippen molar-refractivity contribution in [2.45, 2.75) is 31.8 Å². The van der Waals surface area contributed by atoms with E-state index >= 15 is 0 Å². The van der Waals surface area contributed by atoms with Crippen molar-refractivity contribution in [3.05, 3.63) is 65.7 Å². The second kappa shape index (κ2) is 10.3. The summed E-state index contributed by atoms with van der Waals surface area (Å²) in [5, 5.41) is 9.54. The Morgan fingerprint density at radius 3 is 2.61 bits per heavy atom. The Labute approximate surface area is 166 Å². The predicted octanol–water partition coefficient (Wildman–Crippen LogP) is 2.25. The Kier molecular flexibility index (Phi) is 7.29. The van der Waals surface area contributed by atoms with Gasteiger partial charge < -0.3 is 20.7 Å². The molecule has 0 spiro atoms. The molecule has 1 amide bonds. The van der Waals surface area contributed by atoms with Crippen molar-refractivity contribution in [1.29, 1.82) is 0 Å². The summed E-state index contributed by atoms with van der Waals surface area (Å²) in [6.45, 7) is 1.48. The molecule has 3 rings (SSSR count). The Morgan fingerprint density at radius 2 is 1.86 bits per heavy atom. The van der Waals surface area contributed by atoms with Gasteiger partial charge in [0.15, 0.2) is 12.6 Å². The molecule has 0 saturated heterocycles. The van der Waals surface area contributed by atoms with Gasteiger partial charge in [0.25, 0.3) is 5.91 Å². The lowest BCUT2D eigenvalue weighted by atomic mass is 10.1. The number of carbonyl (C=O) groups excluding carboxylic acids is 1. The van der Waals surface area contributed by atoms with E-state index < -0.39 is 0 Å². The summed E-state index contributed by atoms with van der Waals surface area (Å²) < 4.78 is 5.60. The molecule has 0 radical (unpaired) electrons. The second-order valence-corrected chi connectivity index (χ2v) is 6.87. The largest absolute Gasteiger partial charge is 0.484 e. The fraction of sp³-hybridized carbons (Fsp3) is 0.364. The molecule has 2 aromatic carbocycles. The van der Waals surface area contributed by atoms with Crippen molar-refractivity contribution in [3.8, 4) is 5.75 Å². The van der Waals surface area contributed by atoms with Crippen LogP contribution in [0.2, 0.25) is 0 Å². The summed E-state index contributed by atoms with van der Waals surface area (Å²) >= 11 is 0. The molecule has 0 aliphatic heterocycles. The van der Waals surface area contributed by atoms with Gasteiger partial charge >= 0.3 is 0 Å². The van der Waals surface area contributed by atoms with Crippen LogP contribution >= 0.6 is 0 Å². The number of amides is 1. The van der Waals surface area contributed by atoms with Crippen LogP contribution < -0.4 is 20.7 Å². The average Bonchev–Trinajstić information content (AvgIpc) is 3.54. The molecule has 2 aromatic rings. The number of nitrogens with zero attached hydrogens (tertiary/aromatic N) is 1. The summed E-state index contributed by atoms with van der Waals surface area (Å²) in [4.78, 5) is 16.0. The van der Waals surface area contributed by atoms with Gasteiger partial charge in [0.2, 0.25) is 0 Å². The number of carbonyl (C=O) groups is 1. The molecule has 0 unspecified atom stereocenters. The van der Waals surface area contributed by atoms with Crippen LogP contribution in [-0.4, -0.2) is 38.1 Å². The van der Waals surface area contributed by atoms with Crippen LogP contribution in [0.1, 0.15) is 24.0 Å². The van der Waals surface area contributed by atoms with Crippen LogP contribution in [0.5, 0.6) is 5.75 Å². The molecule has 0 heterocycles. The van der Waals surface area contributed by atoms with Gasteiger partial charge in [-0.25, -0.2) is 0 Å². The van der Waals surface area contributed by atoms with E-state index in [4.69, 9.17) is 4.74 Å². The SMILES string of the molecule is CN=C(NCCc1ccccc1)NCc1cccc(OCC(=O)NC2CC2)c1. The Balaban J connectivity index is 1.40. The minimum atomic E-state index is -0.0611. The van der Waals surface area contributed by atoms with Crippen molar-refractivity contribution >= 4 is 11.9 Å². The zero-order valence-corrected chi connectivity index (χ0v) is 16.3. The molecule has 0 aromatic heterocycles. The molecule has 148 valence electrons. The highest BCUT2D eigenvalue weighted by molar-refractivity contribution is 5.79. The molecule has 1 saturated carbocycles. The van der Waals surface area contributed by atoms with Gasteiger partial charge in [-0.15, -0.1) is 0 Å². The van der Waals surface area contributed by atoms with Gasteiger partial charge in [-0.1, -0.05) is 42.5 Å². The minimum absolute atomic E-state index is 0.0517. The fourth-order valence-corrected chi connectivity index (χ4v) is 2.77. The van der Waals surface area contributed by atoms with Gasteiger partial charge in [-0.2, -0.15) is 0 Å². The Bertz CT molecular complexity index is 788. The average molecular weight is 380 g/mol. The van der Waals surface area contributed by atoms with Crippen molar-refractivity contribution in [2.75, 3.05) is 20.2 Å². The molecule has 3 N–H and O–H groups in total. The number of ether oxygens (including phenoxy) is 1. The maximum absolute atomic E-state index is 11.7. The smallest absolute Gasteiger partial charge is 0.258 e. The quantitative estimate of drug-likeness (QED) is 0.461. The lowest BCUT2D eigenvalue weighted by Crippen LogP contribution is -2.37. The summed E-state index contributed by atoms with van der Waals surface area (Å²) in [7, 11) is 1.76. The normalized spacial score (nSPS) is 13.7. The van der Waals surface area contributed by atoms with Crippen molar-refractivity contribution < 1.29 is 9.53 Å². The fourth-order valence-electron chi connectivity index (χ4n) is 2.77. The summed E-state index contributed by atoms with van der Waals surface area (Å²) in [5.74, 6) is 1.39. The van der Waals surface area contributed by atoms with E-state index in [1.54, 1.807) is 7.05 Å². The number of aliphatic imine (C=N–C) groups is 1. The van der Waals surface area contributed by atoms with Gasteiger partial charge in [0.1, 0.15) is 5.75 Å². The molecular weight excluding hydrogens is 352 g/mol. The summed E-state index contributed by atoms with van der Waals surface area (Å²) in [6, 6.07) is 18.5. The highest BCUT2D eigenvalue weighted by atomic mass is 16.5. The monoisotopic (exact) mass is 380 g/mol. The number of rotatable bonds is 9. The zero-order valence-electron chi connectivity index (χ0n) is 16.3. The molecular formula is C22H28N4O2. The van der Waals surface area contributed by atoms with Crippen LogP contribution in [-0.2, 0) is 17.8 Å². The Hall–Kier alpha value is -3.02. The summed E-state index contributed by atoms with van der Waals surface area (Å²) in [6.07, 6.45) is 3.09. The number of guanidine groups is 1. The van der Waals surface area contributed by atoms with Crippen LogP contribution in [0, 0.1) is 0 Å². The third-order valence-corrected chi connectivity index (χ3v) is 4.44. The van der Waals surface area contributed by atoms with E-state index in [-0.39, 0.29) is 12.5 Å². The first-order valence-electron chi connectivity index (χ1n) is 9.72. The highest BCUT2D eigenvalue weighted by Crippen LogP contribution is 2.18. The molecule has 1 aliphatic rings. The number of hydrogen-bond donors (Lipinski definition) is 3. The van der Waals surface area contributed by atoms with Crippen LogP contribution in [0.15, 0.2) is 59.6 Å². The van der Waals surface area contributed by atoms with Gasteiger partial charge in [0, 0.05) is 26.2 Å². The molecule has 0 atom stereocenters. The first kappa shape index (κ1) is 19.7. The maximum Gasteiger partial charge on any atom is 0.258 e. The van der Waals surface area contributed by atoms with E-state index in [9.17, 15) is 4.79 Å². The van der Waals surface area contributed by atoms with Crippen LogP contribution in [0.4, 0.5) is 0 Å². The standard InChI is InChI=1S/C22H28N4O2/c1-23-22(24-13-12-17-6-3-2-4-7-17)25-15-18-8-5-9-20(14-18)28-16-21(27)26-19-10-11-19/h2-9,14,19H,10-13,15-16H2,1H3,(H,26,27)(H2,23,24,25). The van der Waals surface area contributed by atoms with Gasteiger partial charge in [-0.3, -0.25) is 9.79 Å². The number of nitrogens with one attached hydrogen (secondary N) is 3. The topological polar surface area (TPSA) is 74.8 Å². The first-order chi connectivity index (χ1) is 13.7. The number of hydrogen-bond acceptors (Lipinski definition) is 3. The van der Waals surface area contributed by atoms with E-state index in [0.29, 0.717) is 18.3 Å². The van der Waals surface area contributed by atoms with Crippen LogP contribution in [0.3, 0.4) is 0 Å². The highest BCUT2D eigenvalue weighted by Gasteiger charge is 2.23. The van der Waals surface area contributed by atoms with Crippen molar-refractivity contribution in [1.82, 2.24) is 16.0 Å². The molecule has 1 fully saturated rings. The summed E-state index contributed by atoms with van der Waals surface area (Å²) in [5.41, 5.74) is 2.35. The lowest BCUT2D eigenvalue weighted by Gasteiger charge is -2.13. The number of benzene rings is 2. The zero-order chi connectivity index (χ0) is 19.6. The van der Waals surface area contributed by atoms with E-state index in [1.165, 1.54) is 5.56 Å². The minimum Gasteiger partial charge on any atom is -0.484 e. The Morgan fingerprint density at radius 1 is 1.07 bits per heavy atom. The molecule has 28 heavy (non-hydrogen) atoms. The van der Waals surface area contributed by atoms with E-state index in [0.717, 1.165) is 37.3 Å². The van der Waals surface area contributed by atoms with E-state index in [2.05, 4.69) is 33.1 Å². The maximum atomic E-state index is 11.7. The molecule has 6 heteroatoms. The third-order valence-electron chi connectivity index (χ3n) is 4.44. The van der Waals surface area contributed by atoms with Crippen molar-refractivity contribution in [3.63, 3.8) is 0 Å². The lowest BCUT2D eigenvalue weighted by molar-refractivity contribution is -0.123. The van der Waals surface area contributed by atoms with Crippen LogP contribution in [0.25, 0.3) is 0 Å². The van der Waals surface area contributed by atoms with Crippen molar-refractivity contribution in [2.24, 2.45) is 4.99 Å². The second-order valence-electron chi connectivity index (χ2n) is 6.87. The first-order valence-corrected chi connectivity index (χ1v) is 9.72. The predicted molar refractivity (Wildman–Crippen MR) is 111 cm³/mol. The third kappa shape index (κ3) is 6.95. The van der Waals surface area contributed by atoms with E-state index in [1.807, 2.05) is 42.5 Å². The molecule has 0 bridgehead atoms.